The van der Waals surface area contributed by atoms with Gasteiger partial charge in [0.25, 0.3) is 0 Å². The normalized spacial score (nSPS) is 10.8. The number of benzene rings is 2. The van der Waals surface area contributed by atoms with Gasteiger partial charge in [0.1, 0.15) is 10.3 Å². The van der Waals surface area contributed by atoms with Crippen LogP contribution in [0.3, 0.4) is 0 Å². The average Bonchev–Trinajstić information content (AvgIpc) is 2.86. The molecule has 7 heteroatoms. The Bertz CT molecular complexity index is 911. The van der Waals surface area contributed by atoms with Crippen LogP contribution in [-0.2, 0) is 0 Å². The molecule has 0 atom stereocenters. The van der Waals surface area contributed by atoms with E-state index in [4.69, 9.17) is 11.6 Å². The number of aromatic nitrogens is 2. The zero-order chi connectivity index (χ0) is 16.6. The number of carbonyl (C=O) groups is 1. The lowest BCUT2D eigenvalue weighted by Gasteiger charge is -2.03. The van der Waals surface area contributed by atoms with Gasteiger partial charge < -0.3 is 0 Å². The summed E-state index contributed by atoms with van der Waals surface area (Å²) in [7, 11) is 0. The SMILES string of the molecule is O=Cc1c(-c2ccc(F)c(F)c2)nn(-c2cccc(Cl)c2)c1Br. The number of hydrogen-bond donors (Lipinski definition) is 0. The van der Waals surface area contributed by atoms with Gasteiger partial charge in [-0.15, -0.1) is 0 Å². The maximum Gasteiger partial charge on any atom is 0.159 e. The van der Waals surface area contributed by atoms with Crippen LogP contribution in [0.4, 0.5) is 8.78 Å². The molecule has 3 nitrogen and oxygen atoms in total. The van der Waals surface area contributed by atoms with E-state index in [1.165, 1.54) is 10.7 Å². The van der Waals surface area contributed by atoms with Gasteiger partial charge in [-0.05, 0) is 52.3 Å². The van der Waals surface area contributed by atoms with Gasteiger partial charge in [0.05, 0.1) is 11.3 Å². The topological polar surface area (TPSA) is 34.9 Å². The van der Waals surface area contributed by atoms with Crippen molar-refractivity contribution in [3.8, 4) is 16.9 Å². The Morgan fingerprint density at radius 1 is 1.13 bits per heavy atom. The summed E-state index contributed by atoms with van der Waals surface area (Å²) in [6, 6.07) is 10.2. The van der Waals surface area contributed by atoms with Crippen LogP contribution in [0, 0.1) is 11.6 Å². The van der Waals surface area contributed by atoms with Crippen molar-refractivity contribution in [1.82, 2.24) is 9.78 Å². The van der Waals surface area contributed by atoms with E-state index < -0.39 is 11.6 Å². The van der Waals surface area contributed by atoms with Gasteiger partial charge in [-0.2, -0.15) is 5.10 Å². The monoisotopic (exact) mass is 396 g/mol. The molecule has 0 unspecified atom stereocenters. The Balaban J connectivity index is 2.20. The lowest BCUT2D eigenvalue weighted by molar-refractivity contribution is 0.112. The Morgan fingerprint density at radius 3 is 2.57 bits per heavy atom. The van der Waals surface area contributed by atoms with Crippen molar-refractivity contribution in [3.63, 3.8) is 0 Å². The first-order valence-electron chi connectivity index (χ1n) is 6.46. The minimum atomic E-state index is -1.01. The third kappa shape index (κ3) is 2.92. The van der Waals surface area contributed by atoms with Crippen LogP contribution in [0.5, 0.6) is 0 Å². The number of halogens is 4. The maximum atomic E-state index is 13.5. The molecule has 0 fully saturated rings. The molecule has 0 saturated carbocycles. The lowest BCUT2D eigenvalue weighted by Crippen LogP contribution is -1.97. The highest BCUT2D eigenvalue weighted by atomic mass is 79.9. The summed E-state index contributed by atoms with van der Waals surface area (Å²) in [6.45, 7) is 0. The summed E-state index contributed by atoms with van der Waals surface area (Å²) in [5, 5.41) is 4.83. The molecular formula is C16H8BrClF2N2O. The average molecular weight is 398 g/mol. The highest BCUT2D eigenvalue weighted by Crippen LogP contribution is 2.31. The predicted molar refractivity (Wildman–Crippen MR) is 87.0 cm³/mol. The second-order valence-corrected chi connectivity index (χ2v) is 5.88. The smallest absolute Gasteiger partial charge is 0.159 e. The first kappa shape index (κ1) is 15.8. The van der Waals surface area contributed by atoms with Crippen LogP contribution in [0.15, 0.2) is 47.1 Å². The molecule has 0 bridgehead atoms. The number of rotatable bonds is 3. The number of hydrogen-bond acceptors (Lipinski definition) is 2. The molecule has 0 aliphatic rings. The third-order valence-electron chi connectivity index (χ3n) is 3.23. The Morgan fingerprint density at radius 2 is 1.91 bits per heavy atom. The summed E-state index contributed by atoms with van der Waals surface area (Å²) >= 11 is 9.28. The Hall–Kier alpha value is -2.05. The number of aldehydes is 1. The van der Waals surface area contributed by atoms with E-state index in [0.29, 0.717) is 27.2 Å². The van der Waals surface area contributed by atoms with E-state index in [1.807, 2.05) is 0 Å². The molecule has 0 spiro atoms. The summed E-state index contributed by atoms with van der Waals surface area (Å²) in [6.07, 6.45) is 0.606. The molecule has 0 aliphatic heterocycles. The fourth-order valence-corrected chi connectivity index (χ4v) is 2.90. The molecule has 0 radical (unpaired) electrons. The number of carbonyl (C=O) groups excluding carboxylic acids is 1. The van der Waals surface area contributed by atoms with Gasteiger partial charge in [0.15, 0.2) is 17.9 Å². The predicted octanol–water partition coefficient (Wildman–Crippen LogP) is 5.05. The molecular weight excluding hydrogens is 390 g/mol. The highest BCUT2D eigenvalue weighted by molar-refractivity contribution is 9.10. The Kier molecular flexibility index (Phi) is 4.28. The maximum absolute atomic E-state index is 13.5. The minimum absolute atomic E-state index is 0.232. The van der Waals surface area contributed by atoms with Crippen molar-refractivity contribution >= 4 is 33.8 Å². The van der Waals surface area contributed by atoms with E-state index in [-0.39, 0.29) is 11.3 Å². The van der Waals surface area contributed by atoms with Crippen molar-refractivity contribution in [2.24, 2.45) is 0 Å². The van der Waals surface area contributed by atoms with Crippen molar-refractivity contribution in [1.29, 1.82) is 0 Å². The summed E-state index contributed by atoms with van der Waals surface area (Å²) in [4.78, 5) is 11.4. The van der Waals surface area contributed by atoms with Gasteiger partial charge in [0.2, 0.25) is 0 Å². The Labute approximate surface area is 143 Å². The van der Waals surface area contributed by atoms with Crippen LogP contribution in [-0.4, -0.2) is 16.1 Å². The zero-order valence-corrected chi connectivity index (χ0v) is 13.8. The first-order chi connectivity index (χ1) is 11.0. The van der Waals surface area contributed by atoms with E-state index in [2.05, 4.69) is 21.0 Å². The molecule has 0 N–H and O–H groups in total. The molecule has 3 aromatic rings. The van der Waals surface area contributed by atoms with Crippen molar-refractivity contribution < 1.29 is 13.6 Å². The quantitative estimate of drug-likeness (QED) is 0.580. The molecule has 2 aromatic carbocycles. The molecule has 0 amide bonds. The van der Waals surface area contributed by atoms with Crippen LogP contribution in [0.1, 0.15) is 10.4 Å². The van der Waals surface area contributed by atoms with Crippen LogP contribution >= 0.6 is 27.5 Å². The molecule has 116 valence electrons. The fraction of sp³-hybridized carbons (Fsp3) is 0. The largest absolute Gasteiger partial charge is 0.298 e. The molecule has 1 aromatic heterocycles. The molecule has 0 aliphatic carbocycles. The van der Waals surface area contributed by atoms with Crippen molar-refractivity contribution in [2.45, 2.75) is 0 Å². The van der Waals surface area contributed by atoms with Gasteiger partial charge >= 0.3 is 0 Å². The molecule has 0 saturated heterocycles. The first-order valence-corrected chi connectivity index (χ1v) is 7.63. The molecule has 1 heterocycles. The van der Waals surface area contributed by atoms with Crippen molar-refractivity contribution in [3.05, 3.63) is 69.3 Å². The van der Waals surface area contributed by atoms with E-state index in [1.54, 1.807) is 24.3 Å². The van der Waals surface area contributed by atoms with Crippen LogP contribution < -0.4 is 0 Å². The fourth-order valence-electron chi connectivity index (χ4n) is 2.15. The summed E-state index contributed by atoms with van der Waals surface area (Å²) in [5.74, 6) is -1.97. The minimum Gasteiger partial charge on any atom is -0.298 e. The highest BCUT2D eigenvalue weighted by Gasteiger charge is 2.19. The lowest BCUT2D eigenvalue weighted by atomic mass is 10.1. The molecule has 3 rings (SSSR count). The van der Waals surface area contributed by atoms with Gasteiger partial charge in [0, 0.05) is 10.6 Å². The van der Waals surface area contributed by atoms with Gasteiger partial charge in [-0.25, -0.2) is 13.5 Å². The standard InChI is InChI=1S/C16H8BrClF2N2O/c17-16-12(8-23)15(9-4-5-13(19)14(20)6-9)21-22(16)11-3-1-2-10(18)7-11/h1-8H. The summed E-state index contributed by atoms with van der Waals surface area (Å²) < 4.78 is 28.4. The van der Waals surface area contributed by atoms with Crippen LogP contribution in [0.25, 0.3) is 16.9 Å². The second-order valence-electron chi connectivity index (χ2n) is 4.69. The third-order valence-corrected chi connectivity index (χ3v) is 4.23. The van der Waals surface area contributed by atoms with Gasteiger partial charge in [-0.1, -0.05) is 17.7 Å². The number of nitrogens with zero attached hydrogens (tertiary/aromatic N) is 2. The second kappa shape index (κ2) is 6.22. The van der Waals surface area contributed by atoms with Crippen molar-refractivity contribution in [2.75, 3.05) is 0 Å². The van der Waals surface area contributed by atoms with Crippen LogP contribution in [0.2, 0.25) is 5.02 Å². The van der Waals surface area contributed by atoms with E-state index in [0.717, 1.165) is 12.1 Å². The zero-order valence-electron chi connectivity index (χ0n) is 11.4. The molecule has 23 heavy (non-hydrogen) atoms. The van der Waals surface area contributed by atoms with E-state index >= 15 is 0 Å². The summed E-state index contributed by atoms with van der Waals surface area (Å²) in [5.41, 5.74) is 1.40. The van der Waals surface area contributed by atoms with Gasteiger partial charge in [-0.3, -0.25) is 4.79 Å². The van der Waals surface area contributed by atoms with E-state index in [9.17, 15) is 13.6 Å².